The van der Waals surface area contributed by atoms with Crippen molar-refractivity contribution < 1.29 is 0 Å². The summed E-state index contributed by atoms with van der Waals surface area (Å²) < 4.78 is 0. The van der Waals surface area contributed by atoms with Gasteiger partial charge in [-0.25, -0.2) is 0 Å². The van der Waals surface area contributed by atoms with Crippen LogP contribution in [-0.2, 0) is 0 Å². The fraction of sp³-hybridized carbons (Fsp3) is 0.143. The normalized spacial score (nSPS) is 19.9. The number of fused-ring (bicyclic) bond motifs is 1. The Bertz CT molecular complexity index is 817. The molecular formula is C21H18ClNS. The molecule has 3 heteroatoms. The van der Waals surface area contributed by atoms with Gasteiger partial charge in [-0.3, -0.25) is 0 Å². The van der Waals surface area contributed by atoms with Crippen LogP contribution < -0.4 is 5.32 Å². The summed E-state index contributed by atoms with van der Waals surface area (Å²) >= 11 is 8.00. The van der Waals surface area contributed by atoms with Crippen LogP contribution in [0.1, 0.15) is 28.8 Å². The third-order valence-corrected chi connectivity index (χ3v) is 5.99. The van der Waals surface area contributed by atoms with Gasteiger partial charge in [0.1, 0.15) is 0 Å². The maximum atomic E-state index is 6.07. The van der Waals surface area contributed by atoms with Gasteiger partial charge in [0.15, 0.2) is 0 Å². The third-order valence-electron chi connectivity index (χ3n) is 4.38. The Kier molecular flexibility index (Phi) is 4.50. The number of thioether (sulfide) groups is 1. The maximum absolute atomic E-state index is 6.07. The van der Waals surface area contributed by atoms with Gasteiger partial charge in [-0.15, -0.1) is 11.8 Å². The second-order valence-corrected chi connectivity index (χ2v) is 7.68. The van der Waals surface area contributed by atoms with E-state index in [1.807, 2.05) is 23.9 Å². The van der Waals surface area contributed by atoms with Crippen LogP contribution in [0.3, 0.4) is 0 Å². The van der Waals surface area contributed by atoms with Crippen molar-refractivity contribution in [1.82, 2.24) is 0 Å². The minimum atomic E-state index is 0.294. The van der Waals surface area contributed by atoms with Gasteiger partial charge in [0.05, 0.1) is 6.04 Å². The van der Waals surface area contributed by atoms with Crippen molar-refractivity contribution in [2.24, 2.45) is 0 Å². The van der Waals surface area contributed by atoms with E-state index < -0.39 is 0 Å². The molecule has 1 nitrogen and oxygen atoms in total. The fourth-order valence-electron chi connectivity index (χ4n) is 3.14. The molecule has 24 heavy (non-hydrogen) atoms. The van der Waals surface area contributed by atoms with Crippen LogP contribution in [-0.4, -0.2) is 0 Å². The topological polar surface area (TPSA) is 12.0 Å². The lowest BCUT2D eigenvalue weighted by Gasteiger charge is -2.21. The van der Waals surface area contributed by atoms with E-state index in [1.165, 1.54) is 21.7 Å². The number of anilines is 1. The summed E-state index contributed by atoms with van der Waals surface area (Å²) in [5, 5.41) is 4.92. The number of para-hydroxylation sites is 1. The van der Waals surface area contributed by atoms with Crippen molar-refractivity contribution >= 4 is 29.1 Å². The molecule has 3 aromatic rings. The first-order chi connectivity index (χ1) is 11.8. The Morgan fingerprint density at radius 3 is 2.29 bits per heavy atom. The summed E-state index contributed by atoms with van der Waals surface area (Å²) in [6.45, 7) is 0. The van der Waals surface area contributed by atoms with Gasteiger partial charge in [-0.2, -0.15) is 0 Å². The van der Waals surface area contributed by atoms with Crippen molar-refractivity contribution in [3.05, 3.63) is 95.0 Å². The number of halogens is 1. The van der Waals surface area contributed by atoms with E-state index in [-0.39, 0.29) is 0 Å². The Labute approximate surface area is 152 Å². The van der Waals surface area contributed by atoms with Crippen LogP contribution in [0.2, 0.25) is 5.02 Å². The highest BCUT2D eigenvalue weighted by molar-refractivity contribution is 7.99. The summed E-state index contributed by atoms with van der Waals surface area (Å²) in [6.07, 6.45) is 1.03. The molecule has 0 fully saturated rings. The van der Waals surface area contributed by atoms with Crippen molar-refractivity contribution in [1.29, 1.82) is 0 Å². The molecule has 2 unspecified atom stereocenters. The zero-order valence-electron chi connectivity index (χ0n) is 13.2. The molecule has 1 aliphatic heterocycles. The molecule has 0 bridgehead atoms. The lowest BCUT2D eigenvalue weighted by atomic mass is 9.98. The molecule has 0 saturated carbocycles. The predicted molar refractivity (Wildman–Crippen MR) is 104 cm³/mol. The van der Waals surface area contributed by atoms with E-state index in [0.717, 1.165) is 11.4 Å². The van der Waals surface area contributed by atoms with Crippen LogP contribution in [0.4, 0.5) is 5.69 Å². The molecule has 1 N–H and O–H groups in total. The minimum absolute atomic E-state index is 0.294. The summed E-state index contributed by atoms with van der Waals surface area (Å²) in [5.41, 5.74) is 3.87. The van der Waals surface area contributed by atoms with Crippen molar-refractivity contribution in [3.63, 3.8) is 0 Å². The molecule has 0 aliphatic carbocycles. The first kappa shape index (κ1) is 15.6. The summed E-state index contributed by atoms with van der Waals surface area (Å²) in [7, 11) is 0. The Hall–Kier alpha value is -1.90. The first-order valence-electron chi connectivity index (χ1n) is 8.12. The van der Waals surface area contributed by atoms with E-state index in [0.29, 0.717) is 11.3 Å². The monoisotopic (exact) mass is 351 g/mol. The standard InChI is InChI=1S/C21H18ClNS/c22-17-12-10-16(11-13-17)21-14-19(15-6-2-1-3-7-15)23-18-8-4-5-9-20(18)24-21/h1-13,19,21,23H,14H2. The first-order valence-corrected chi connectivity index (χ1v) is 9.38. The molecule has 1 aliphatic rings. The highest BCUT2D eigenvalue weighted by Crippen LogP contribution is 2.48. The lowest BCUT2D eigenvalue weighted by molar-refractivity contribution is 0.687. The number of hydrogen-bond acceptors (Lipinski definition) is 2. The van der Waals surface area contributed by atoms with Gasteiger partial charge in [0.25, 0.3) is 0 Å². The van der Waals surface area contributed by atoms with Crippen LogP contribution in [0.5, 0.6) is 0 Å². The molecular weight excluding hydrogens is 334 g/mol. The second-order valence-electron chi connectivity index (χ2n) is 6.00. The van der Waals surface area contributed by atoms with E-state index >= 15 is 0 Å². The van der Waals surface area contributed by atoms with Crippen LogP contribution in [0.25, 0.3) is 0 Å². The molecule has 120 valence electrons. The van der Waals surface area contributed by atoms with E-state index in [9.17, 15) is 0 Å². The second kappa shape index (κ2) is 6.92. The molecule has 0 amide bonds. The zero-order valence-corrected chi connectivity index (χ0v) is 14.7. The third kappa shape index (κ3) is 3.31. The largest absolute Gasteiger partial charge is 0.377 e. The van der Waals surface area contributed by atoms with E-state index in [1.54, 1.807) is 0 Å². The summed E-state index contributed by atoms with van der Waals surface area (Å²) in [5.74, 6) is 0. The Morgan fingerprint density at radius 1 is 0.792 bits per heavy atom. The average Bonchev–Trinajstić information content (AvgIpc) is 2.83. The average molecular weight is 352 g/mol. The lowest BCUT2D eigenvalue weighted by Crippen LogP contribution is -2.11. The summed E-state index contributed by atoms with van der Waals surface area (Å²) in [6, 6.07) is 27.8. The number of benzene rings is 3. The van der Waals surface area contributed by atoms with Gasteiger partial charge in [-0.05, 0) is 41.8 Å². The molecule has 0 saturated heterocycles. The van der Waals surface area contributed by atoms with Crippen LogP contribution in [0, 0.1) is 0 Å². The highest BCUT2D eigenvalue weighted by Gasteiger charge is 2.25. The van der Waals surface area contributed by atoms with Gasteiger partial charge < -0.3 is 5.32 Å². The SMILES string of the molecule is Clc1ccc(C2CC(c3ccccc3)Nc3ccccc3S2)cc1. The Morgan fingerprint density at radius 2 is 1.50 bits per heavy atom. The molecule has 0 spiro atoms. The number of rotatable bonds is 2. The zero-order chi connectivity index (χ0) is 16.4. The predicted octanol–water partition coefficient (Wildman–Crippen LogP) is 6.73. The maximum Gasteiger partial charge on any atom is 0.0528 e. The fourth-order valence-corrected chi connectivity index (χ4v) is 4.56. The summed E-state index contributed by atoms with van der Waals surface area (Å²) in [4.78, 5) is 1.30. The minimum Gasteiger partial charge on any atom is -0.377 e. The van der Waals surface area contributed by atoms with Crippen molar-refractivity contribution in [2.45, 2.75) is 22.6 Å². The highest BCUT2D eigenvalue weighted by atomic mass is 35.5. The van der Waals surface area contributed by atoms with Crippen molar-refractivity contribution in [3.8, 4) is 0 Å². The number of nitrogens with one attached hydrogen (secondary N) is 1. The molecule has 2 atom stereocenters. The Balaban J connectivity index is 1.73. The molecule has 4 rings (SSSR count). The molecule has 0 aromatic heterocycles. The van der Waals surface area contributed by atoms with Gasteiger partial charge in [0.2, 0.25) is 0 Å². The van der Waals surface area contributed by atoms with Gasteiger partial charge in [-0.1, -0.05) is 66.2 Å². The van der Waals surface area contributed by atoms with Gasteiger partial charge >= 0.3 is 0 Å². The molecule has 1 heterocycles. The van der Waals surface area contributed by atoms with Crippen LogP contribution >= 0.6 is 23.4 Å². The molecule has 0 radical (unpaired) electrons. The van der Waals surface area contributed by atoms with E-state index in [4.69, 9.17) is 11.6 Å². The van der Waals surface area contributed by atoms with Gasteiger partial charge in [0, 0.05) is 20.9 Å². The smallest absolute Gasteiger partial charge is 0.0528 e. The number of hydrogen-bond donors (Lipinski definition) is 1. The quantitative estimate of drug-likeness (QED) is 0.549. The van der Waals surface area contributed by atoms with E-state index in [2.05, 4.69) is 72.0 Å². The molecule has 3 aromatic carbocycles. The van der Waals surface area contributed by atoms with Crippen LogP contribution in [0.15, 0.2) is 83.8 Å². The van der Waals surface area contributed by atoms with Crippen molar-refractivity contribution in [2.75, 3.05) is 5.32 Å².